The molecule has 0 fully saturated rings. The Balaban J connectivity index is 1.48. The van der Waals surface area contributed by atoms with Crippen molar-refractivity contribution in [2.75, 3.05) is 6.61 Å². The number of esters is 1. The maximum absolute atomic E-state index is 13.6. The Morgan fingerprint density at radius 2 is 2.03 bits per heavy atom. The van der Waals surface area contributed by atoms with E-state index in [0.29, 0.717) is 28.1 Å². The van der Waals surface area contributed by atoms with Gasteiger partial charge in [-0.3, -0.25) is 4.79 Å². The molecule has 0 atom stereocenters. The molecule has 4 aromatic rings. The lowest BCUT2D eigenvalue weighted by Crippen LogP contribution is -2.28. The maximum Gasteiger partial charge on any atom is 0.339 e. The van der Waals surface area contributed by atoms with Gasteiger partial charge in [-0.1, -0.05) is 23.4 Å². The zero-order valence-corrected chi connectivity index (χ0v) is 15.8. The molecule has 152 valence electrons. The van der Waals surface area contributed by atoms with Crippen LogP contribution in [0.25, 0.3) is 22.6 Å². The number of halogens is 1. The van der Waals surface area contributed by atoms with Gasteiger partial charge in [0.2, 0.25) is 0 Å². The van der Waals surface area contributed by atoms with Crippen LogP contribution < -0.4 is 5.32 Å². The van der Waals surface area contributed by atoms with Crippen LogP contribution in [0.2, 0.25) is 0 Å². The van der Waals surface area contributed by atoms with Crippen molar-refractivity contribution in [2.45, 2.75) is 13.5 Å². The number of carbonyl (C=O) groups is 2. The van der Waals surface area contributed by atoms with Gasteiger partial charge in [0.25, 0.3) is 11.6 Å². The van der Waals surface area contributed by atoms with Gasteiger partial charge in [-0.2, -0.15) is 0 Å². The van der Waals surface area contributed by atoms with Crippen molar-refractivity contribution in [3.05, 3.63) is 71.4 Å². The summed E-state index contributed by atoms with van der Waals surface area (Å²) >= 11 is 0. The van der Waals surface area contributed by atoms with Crippen molar-refractivity contribution in [1.29, 1.82) is 0 Å². The van der Waals surface area contributed by atoms with E-state index in [-0.39, 0.29) is 17.8 Å². The second kappa shape index (κ2) is 8.16. The maximum atomic E-state index is 13.6. The lowest BCUT2D eigenvalue weighted by molar-refractivity contribution is -0.124. The standard InChI is InChI=1S/C21H16FN3O5/c1-12-19-14(9-16(17-7-4-8-28-17)24-20(19)30-25-12)21(27)29-11-18(26)23-10-13-5-2-3-6-15(13)22/h2-9H,10-11H2,1H3,(H,23,26). The van der Waals surface area contributed by atoms with Crippen LogP contribution in [0, 0.1) is 12.7 Å². The van der Waals surface area contributed by atoms with Gasteiger partial charge in [0.05, 0.1) is 22.9 Å². The number of aromatic nitrogens is 2. The fourth-order valence-corrected chi connectivity index (χ4v) is 2.90. The van der Waals surface area contributed by atoms with Gasteiger partial charge >= 0.3 is 5.97 Å². The number of amides is 1. The molecule has 1 N–H and O–H groups in total. The first-order valence-electron chi connectivity index (χ1n) is 9.01. The summed E-state index contributed by atoms with van der Waals surface area (Å²) in [5, 5.41) is 6.74. The topological polar surface area (TPSA) is 107 Å². The zero-order valence-electron chi connectivity index (χ0n) is 15.8. The molecule has 4 rings (SSSR count). The Bertz CT molecular complexity index is 1220. The number of hydrogen-bond donors (Lipinski definition) is 1. The molecule has 0 radical (unpaired) electrons. The molecule has 0 aliphatic heterocycles. The summed E-state index contributed by atoms with van der Waals surface area (Å²) in [5.41, 5.74) is 1.44. The van der Waals surface area contributed by atoms with E-state index < -0.39 is 24.3 Å². The van der Waals surface area contributed by atoms with Gasteiger partial charge < -0.3 is 19.0 Å². The van der Waals surface area contributed by atoms with Crippen molar-refractivity contribution in [3.8, 4) is 11.5 Å². The van der Waals surface area contributed by atoms with E-state index in [1.807, 2.05) is 0 Å². The highest BCUT2D eigenvalue weighted by atomic mass is 19.1. The molecule has 0 aliphatic carbocycles. The van der Waals surface area contributed by atoms with Gasteiger partial charge in [-0.05, 0) is 31.2 Å². The Morgan fingerprint density at radius 1 is 1.20 bits per heavy atom. The lowest BCUT2D eigenvalue weighted by Gasteiger charge is -2.08. The van der Waals surface area contributed by atoms with Gasteiger partial charge in [-0.15, -0.1) is 0 Å². The number of ether oxygens (including phenoxy) is 1. The molecule has 3 aromatic heterocycles. The molecule has 0 saturated heterocycles. The number of nitrogens with one attached hydrogen (secondary N) is 1. The summed E-state index contributed by atoms with van der Waals surface area (Å²) in [6.07, 6.45) is 1.48. The number of carbonyl (C=O) groups excluding carboxylic acids is 2. The Morgan fingerprint density at radius 3 is 2.80 bits per heavy atom. The van der Waals surface area contributed by atoms with E-state index in [0.717, 1.165) is 0 Å². The van der Waals surface area contributed by atoms with Crippen molar-refractivity contribution in [3.63, 3.8) is 0 Å². The normalized spacial score (nSPS) is 10.9. The first kappa shape index (κ1) is 19.3. The van der Waals surface area contributed by atoms with E-state index in [1.165, 1.54) is 18.4 Å². The van der Waals surface area contributed by atoms with Crippen LogP contribution in [0.5, 0.6) is 0 Å². The first-order valence-corrected chi connectivity index (χ1v) is 9.01. The molecule has 3 heterocycles. The highest BCUT2D eigenvalue weighted by Crippen LogP contribution is 2.27. The van der Waals surface area contributed by atoms with E-state index in [2.05, 4.69) is 15.5 Å². The molecular weight excluding hydrogens is 393 g/mol. The number of rotatable bonds is 6. The molecule has 0 unspecified atom stereocenters. The monoisotopic (exact) mass is 409 g/mol. The predicted molar refractivity (Wildman–Crippen MR) is 103 cm³/mol. The highest BCUT2D eigenvalue weighted by Gasteiger charge is 2.22. The Kier molecular flexibility index (Phi) is 5.25. The molecule has 1 aromatic carbocycles. The van der Waals surface area contributed by atoms with Crippen molar-refractivity contribution < 1.29 is 27.7 Å². The number of aryl methyl sites for hydroxylation is 1. The third kappa shape index (κ3) is 3.90. The number of pyridine rings is 1. The van der Waals surface area contributed by atoms with Crippen LogP contribution >= 0.6 is 0 Å². The van der Waals surface area contributed by atoms with Gasteiger partial charge in [0, 0.05) is 12.1 Å². The largest absolute Gasteiger partial charge is 0.463 e. The van der Waals surface area contributed by atoms with Crippen LogP contribution in [0.15, 0.2) is 57.7 Å². The minimum absolute atomic E-state index is 0.0179. The molecule has 8 nitrogen and oxygen atoms in total. The fraction of sp³-hybridized carbons (Fsp3) is 0.143. The molecule has 9 heteroatoms. The average molecular weight is 409 g/mol. The average Bonchev–Trinajstić information content (AvgIpc) is 3.41. The van der Waals surface area contributed by atoms with Crippen LogP contribution in [0.3, 0.4) is 0 Å². The minimum atomic E-state index is -0.748. The summed E-state index contributed by atoms with van der Waals surface area (Å²) in [6.45, 7) is 1.12. The van der Waals surface area contributed by atoms with Crippen LogP contribution in [0.1, 0.15) is 21.6 Å². The van der Waals surface area contributed by atoms with Crippen molar-refractivity contribution >= 4 is 23.0 Å². The van der Waals surface area contributed by atoms with E-state index in [1.54, 1.807) is 37.3 Å². The quantitative estimate of drug-likeness (QED) is 0.486. The van der Waals surface area contributed by atoms with E-state index in [4.69, 9.17) is 13.7 Å². The Labute approximate surface area is 169 Å². The molecular formula is C21H16FN3O5. The molecule has 0 bridgehead atoms. The van der Waals surface area contributed by atoms with E-state index in [9.17, 15) is 14.0 Å². The minimum Gasteiger partial charge on any atom is -0.463 e. The summed E-state index contributed by atoms with van der Waals surface area (Å²) < 4.78 is 29.3. The van der Waals surface area contributed by atoms with Gasteiger partial charge in [-0.25, -0.2) is 14.2 Å². The first-order chi connectivity index (χ1) is 14.5. The smallest absolute Gasteiger partial charge is 0.339 e. The molecule has 30 heavy (non-hydrogen) atoms. The highest BCUT2D eigenvalue weighted by molar-refractivity contribution is 6.04. The SMILES string of the molecule is Cc1noc2nc(-c3ccco3)cc(C(=O)OCC(=O)NCc3ccccc3F)c12. The number of nitrogens with zero attached hydrogens (tertiary/aromatic N) is 2. The zero-order chi connectivity index (χ0) is 21.1. The molecule has 0 aliphatic rings. The van der Waals surface area contributed by atoms with E-state index >= 15 is 0 Å². The summed E-state index contributed by atoms with van der Waals surface area (Å²) in [6, 6.07) is 10.9. The summed E-state index contributed by atoms with van der Waals surface area (Å²) in [4.78, 5) is 29.0. The molecule has 0 spiro atoms. The summed E-state index contributed by atoms with van der Waals surface area (Å²) in [5.74, 6) is -1.31. The van der Waals surface area contributed by atoms with Crippen LogP contribution in [-0.4, -0.2) is 28.6 Å². The summed E-state index contributed by atoms with van der Waals surface area (Å²) in [7, 11) is 0. The second-order valence-corrected chi connectivity index (χ2v) is 6.42. The molecule has 0 saturated carbocycles. The fourth-order valence-electron chi connectivity index (χ4n) is 2.90. The number of benzene rings is 1. The van der Waals surface area contributed by atoms with Crippen molar-refractivity contribution in [1.82, 2.24) is 15.5 Å². The second-order valence-electron chi connectivity index (χ2n) is 6.42. The lowest BCUT2D eigenvalue weighted by atomic mass is 10.1. The number of furan rings is 1. The van der Waals surface area contributed by atoms with Crippen LogP contribution in [-0.2, 0) is 16.1 Å². The van der Waals surface area contributed by atoms with Crippen molar-refractivity contribution in [2.24, 2.45) is 0 Å². The Hall–Kier alpha value is -4.01. The number of fused-ring (bicyclic) bond motifs is 1. The van der Waals surface area contributed by atoms with Gasteiger partial charge in [0.1, 0.15) is 11.5 Å². The van der Waals surface area contributed by atoms with Gasteiger partial charge in [0.15, 0.2) is 12.4 Å². The third-order valence-corrected chi connectivity index (χ3v) is 4.38. The third-order valence-electron chi connectivity index (χ3n) is 4.38. The predicted octanol–water partition coefficient (Wildman–Crippen LogP) is 3.40. The molecule has 1 amide bonds. The van der Waals surface area contributed by atoms with Crippen LogP contribution in [0.4, 0.5) is 4.39 Å². The number of hydrogen-bond acceptors (Lipinski definition) is 7.